The monoisotopic (exact) mass is 304 g/mol. The van der Waals surface area contributed by atoms with Crippen molar-refractivity contribution >= 4 is 17.3 Å². The van der Waals surface area contributed by atoms with Crippen LogP contribution in [0.3, 0.4) is 0 Å². The fourth-order valence-electron chi connectivity index (χ4n) is 2.89. The number of nitrogens with zero attached hydrogens (tertiary/aromatic N) is 3. The lowest BCUT2D eigenvalue weighted by molar-refractivity contribution is 0.602. The summed E-state index contributed by atoms with van der Waals surface area (Å²) in [5.74, 6) is 0. The molecular weight excluding hydrogens is 284 g/mol. The molecule has 5 heteroatoms. The molecule has 1 aliphatic rings. The Morgan fingerprint density at radius 1 is 1.33 bits per heavy atom. The molecule has 1 aromatic carbocycles. The molecule has 1 aliphatic heterocycles. The average Bonchev–Trinajstić information content (AvgIpc) is 2.67. The topological polar surface area (TPSA) is 33.1 Å². The molecular formula is C16H21ClN4. The molecule has 0 amide bonds. The Morgan fingerprint density at radius 3 is 2.95 bits per heavy atom. The summed E-state index contributed by atoms with van der Waals surface area (Å²) in [5, 5.41) is 8.78. The quantitative estimate of drug-likeness (QED) is 0.946. The van der Waals surface area contributed by atoms with Crippen molar-refractivity contribution in [3.63, 3.8) is 0 Å². The smallest absolute Gasteiger partial charge is 0.0865 e. The summed E-state index contributed by atoms with van der Waals surface area (Å²) in [5.41, 5.74) is 4.65. The normalized spacial score (nSPS) is 14.9. The lowest BCUT2D eigenvalue weighted by atomic mass is 10.1. The minimum Gasteiger partial charge on any atom is -0.364 e. The molecule has 2 aromatic rings. The minimum atomic E-state index is 0.798. The molecule has 0 bridgehead atoms. The van der Waals surface area contributed by atoms with E-state index < -0.39 is 0 Å². The van der Waals surface area contributed by atoms with E-state index in [-0.39, 0.29) is 0 Å². The highest BCUT2D eigenvalue weighted by atomic mass is 35.5. The molecule has 1 aromatic heterocycles. The maximum absolute atomic E-state index is 6.45. The number of halogens is 1. The largest absolute Gasteiger partial charge is 0.364 e. The zero-order valence-electron chi connectivity index (χ0n) is 12.6. The number of aromatic nitrogens is 2. The molecule has 0 radical (unpaired) electrons. The first-order valence-corrected chi connectivity index (χ1v) is 7.84. The van der Waals surface area contributed by atoms with E-state index in [0.717, 1.165) is 49.1 Å². The molecule has 112 valence electrons. The summed E-state index contributed by atoms with van der Waals surface area (Å²) in [4.78, 5) is 2.39. The number of para-hydroxylation sites is 1. The Morgan fingerprint density at radius 2 is 2.14 bits per heavy atom. The Balaban J connectivity index is 1.95. The van der Waals surface area contributed by atoms with Crippen LogP contribution in [0.15, 0.2) is 24.3 Å². The van der Waals surface area contributed by atoms with Crippen LogP contribution in [0, 0.1) is 6.92 Å². The van der Waals surface area contributed by atoms with Gasteiger partial charge in [0, 0.05) is 31.9 Å². The van der Waals surface area contributed by atoms with E-state index in [0.29, 0.717) is 0 Å². The number of anilines is 1. The van der Waals surface area contributed by atoms with Gasteiger partial charge < -0.3 is 10.2 Å². The van der Waals surface area contributed by atoms with Crippen LogP contribution in [-0.4, -0.2) is 22.9 Å². The van der Waals surface area contributed by atoms with Gasteiger partial charge in [-0.3, -0.25) is 4.68 Å². The summed E-state index contributed by atoms with van der Waals surface area (Å²) in [6, 6.07) is 8.57. The first-order valence-electron chi connectivity index (χ1n) is 7.46. The van der Waals surface area contributed by atoms with Crippen molar-refractivity contribution in [3.05, 3.63) is 46.2 Å². The second-order valence-corrected chi connectivity index (χ2v) is 5.77. The number of hydrogen-bond donors (Lipinski definition) is 1. The van der Waals surface area contributed by atoms with Crippen LogP contribution in [0.1, 0.15) is 23.9 Å². The van der Waals surface area contributed by atoms with Crippen molar-refractivity contribution < 1.29 is 0 Å². The van der Waals surface area contributed by atoms with Crippen molar-refractivity contribution in [1.29, 1.82) is 0 Å². The molecule has 0 saturated heterocycles. The van der Waals surface area contributed by atoms with E-state index in [4.69, 9.17) is 11.6 Å². The van der Waals surface area contributed by atoms with Crippen LogP contribution in [0.5, 0.6) is 0 Å². The Hall–Kier alpha value is -1.52. The molecule has 0 fully saturated rings. The summed E-state index contributed by atoms with van der Waals surface area (Å²) < 4.78 is 2.01. The van der Waals surface area contributed by atoms with E-state index in [2.05, 4.69) is 46.5 Å². The number of aryl methyl sites for hydroxylation is 2. The maximum atomic E-state index is 6.45. The molecule has 0 atom stereocenters. The zero-order valence-corrected chi connectivity index (χ0v) is 13.3. The Kier molecular flexibility index (Phi) is 4.17. The molecule has 21 heavy (non-hydrogen) atoms. The highest BCUT2D eigenvalue weighted by Gasteiger charge is 2.19. The second-order valence-electron chi connectivity index (χ2n) is 5.39. The predicted octanol–water partition coefficient (Wildman–Crippen LogP) is 2.97. The molecule has 3 rings (SSSR count). The van der Waals surface area contributed by atoms with Crippen molar-refractivity contribution in [2.45, 2.75) is 33.5 Å². The molecule has 0 aliphatic carbocycles. The van der Waals surface area contributed by atoms with Crippen LogP contribution in [-0.2, 0) is 19.6 Å². The molecule has 2 heterocycles. The van der Waals surface area contributed by atoms with Gasteiger partial charge in [0.25, 0.3) is 0 Å². The Labute approximate surface area is 130 Å². The highest BCUT2D eigenvalue weighted by molar-refractivity contribution is 6.31. The molecule has 0 unspecified atom stereocenters. The van der Waals surface area contributed by atoms with E-state index in [1.54, 1.807) is 0 Å². The number of fused-ring (bicyclic) bond motifs is 1. The third kappa shape index (κ3) is 2.78. The first-order chi connectivity index (χ1) is 10.2. The fourth-order valence-corrected chi connectivity index (χ4v) is 3.09. The van der Waals surface area contributed by atoms with Crippen molar-refractivity contribution in [2.75, 3.05) is 18.0 Å². The van der Waals surface area contributed by atoms with Crippen LogP contribution in [0.25, 0.3) is 0 Å². The van der Waals surface area contributed by atoms with E-state index in [9.17, 15) is 0 Å². The lowest BCUT2D eigenvalue weighted by Crippen LogP contribution is -2.29. The standard InChI is InChI=1S/C16H21ClN4/c1-3-21-15(16(17)12(2)19-21)11-20-9-8-18-10-13-6-4-5-7-14(13)20/h4-7,18H,3,8-11H2,1-2H3. The van der Waals surface area contributed by atoms with Gasteiger partial charge in [0.15, 0.2) is 0 Å². The molecule has 4 nitrogen and oxygen atoms in total. The molecule has 1 N–H and O–H groups in total. The van der Waals surface area contributed by atoms with Gasteiger partial charge in [-0.25, -0.2) is 0 Å². The van der Waals surface area contributed by atoms with Gasteiger partial charge in [-0.1, -0.05) is 29.8 Å². The van der Waals surface area contributed by atoms with Gasteiger partial charge in [-0.15, -0.1) is 0 Å². The minimum absolute atomic E-state index is 0.798. The number of benzene rings is 1. The van der Waals surface area contributed by atoms with Crippen LogP contribution < -0.4 is 10.2 Å². The summed E-state index contributed by atoms with van der Waals surface area (Å²) in [6.07, 6.45) is 0. The second kappa shape index (κ2) is 6.08. The van der Waals surface area contributed by atoms with Gasteiger partial charge in [-0.05, 0) is 25.5 Å². The van der Waals surface area contributed by atoms with E-state index >= 15 is 0 Å². The lowest BCUT2D eigenvalue weighted by Gasteiger charge is -2.25. The van der Waals surface area contributed by atoms with Gasteiger partial charge in [0.2, 0.25) is 0 Å². The summed E-state index contributed by atoms with van der Waals surface area (Å²) in [6.45, 7) is 8.59. The van der Waals surface area contributed by atoms with Gasteiger partial charge >= 0.3 is 0 Å². The molecule has 0 spiro atoms. The average molecular weight is 305 g/mol. The van der Waals surface area contributed by atoms with Gasteiger partial charge in [-0.2, -0.15) is 5.10 Å². The highest BCUT2D eigenvalue weighted by Crippen LogP contribution is 2.27. The van der Waals surface area contributed by atoms with Crippen LogP contribution >= 0.6 is 11.6 Å². The Bertz CT molecular complexity index is 635. The summed E-state index contributed by atoms with van der Waals surface area (Å²) >= 11 is 6.45. The van der Waals surface area contributed by atoms with Crippen molar-refractivity contribution in [3.8, 4) is 0 Å². The predicted molar refractivity (Wildman–Crippen MR) is 86.8 cm³/mol. The fraction of sp³-hybridized carbons (Fsp3) is 0.438. The maximum Gasteiger partial charge on any atom is 0.0865 e. The number of hydrogen-bond acceptors (Lipinski definition) is 3. The number of rotatable bonds is 3. The van der Waals surface area contributed by atoms with Crippen LogP contribution in [0.2, 0.25) is 5.02 Å². The SMILES string of the molecule is CCn1nc(C)c(Cl)c1CN1CCNCc2ccccc21. The van der Waals surface area contributed by atoms with Crippen LogP contribution in [0.4, 0.5) is 5.69 Å². The van der Waals surface area contributed by atoms with Crippen molar-refractivity contribution in [1.82, 2.24) is 15.1 Å². The number of nitrogens with one attached hydrogen (secondary N) is 1. The third-order valence-corrected chi connectivity index (χ3v) is 4.49. The van der Waals surface area contributed by atoms with Gasteiger partial charge in [0.05, 0.1) is 23.0 Å². The third-order valence-electron chi connectivity index (χ3n) is 4.00. The molecule has 0 saturated carbocycles. The summed E-state index contributed by atoms with van der Waals surface area (Å²) in [7, 11) is 0. The van der Waals surface area contributed by atoms with Crippen molar-refractivity contribution in [2.24, 2.45) is 0 Å². The first kappa shape index (κ1) is 14.4. The zero-order chi connectivity index (χ0) is 14.8. The van der Waals surface area contributed by atoms with Gasteiger partial charge in [0.1, 0.15) is 0 Å². The van der Waals surface area contributed by atoms with E-state index in [1.165, 1.54) is 11.3 Å². The van der Waals surface area contributed by atoms with E-state index in [1.807, 2.05) is 11.6 Å².